The second kappa shape index (κ2) is 8.38. The average Bonchev–Trinajstić information content (AvgIpc) is 3.27. The number of rotatable bonds is 3. The van der Waals surface area contributed by atoms with Crippen LogP contribution in [-0.2, 0) is 0 Å². The monoisotopic (exact) mass is 506 g/mol. The third-order valence-electron chi connectivity index (χ3n) is 6.16. The number of nitrogens with zero attached hydrogens (tertiary/aromatic N) is 3. The van der Waals surface area contributed by atoms with E-state index < -0.39 is 0 Å². The van der Waals surface area contributed by atoms with E-state index in [0.29, 0.717) is 21.2 Å². The van der Waals surface area contributed by atoms with E-state index in [-0.39, 0.29) is 12.1 Å². The highest BCUT2D eigenvalue weighted by molar-refractivity contribution is 7.98. The molecule has 3 aromatic carbocycles. The van der Waals surface area contributed by atoms with E-state index in [4.69, 9.17) is 38.0 Å². The van der Waals surface area contributed by atoms with Crippen molar-refractivity contribution in [1.29, 1.82) is 0 Å². The van der Waals surface area contributed by atoms with E-state index in [2.05, 4.69) is 36.5 Å². The lowest BCUT2D eigenvalue weighted by Crippen LogP contribution is -2.32. The Morgan fingerprint density at radius 2 is 1.65 bits per heavy atom. The molecule has 34 heavy (non-hydrogen) atoms. The van der Waals surface area contributed by atoms with Gasteiger partial charge in [0.1, 0.15) is 17.9 Å². The maximum atomic E-state index is 6.64. The molecular weight excluding hydrogens is 487 g/mol. The number of ether oxygens (including phenoxy) is 1. The van der Waals surface area contributed by atoms with Gasteiger partial charge >= 0.3 is 0 Å². The predicted molar refractivity (Wildman–Crippen MR) is 138 cm³/mol. The Hall–Kier alpha value is -2.93. The highest BCUT2D eigenvalue weighted by Gasteiger charge is 2.41. The molecule has 0 radical (unpaired) electrons. The molecule has 1 N–H and O–H groups in total. The quantitative estimate of drug-likeness (QED) is 0.298. The first-order valence-electron chi connectivity index (χ1n) is 10.8. The summed E-state index contributed by atoms with van der Waals surface area (Å²) in [7, 11) is 0. The van der Waals surface area contributed by atoms with Crippen LogP contribution in [0, 0.1) is 6.92 Å². The molecule has 170 valence electrons. The molecule has 0 amide bonds. The molecule has 3 heterocycles. The SMILES string of the molecule is CSc1nc2n(n1)[C@@H](c1ccc(C)cc1)C1=C(N2)c2cc(Cl)ccc2O[C@@H]1c1ccc(Cl)cc1. The van der Waals surface area contributed by atoms with Crippen molar-refractivity contribution in [3.8, 4) is 5.75 Å². The number of aryl methyl sites for hydroxylation is 1. The molecule has 8 heteroatoms. The summed E-state index contributed by atoms with van der Waals surface area (Å²) in [6.07, 6.45) is 1.62. The van der Waals surface area contributed by atoms with Gasteiger partial charge in [0.05, 0.1) is 5.70 Å². The zero-order valence-corrected chi connectivity index (χ0v) is 20.7. The minimum Gasteiger partial charge on any atom is -0.480 e. The molecule has 2 aliphatic heterocycles. The molecule has 0 saturated heterocycles. The van der Waals surface area contributed by atoms with Gasteiger partial charge in [0.25, 0.3) is 0 Å². The lowest BCUT2D eigenvalue weighted by atomic mass is 9.84. The number of hydrogen-bond donors (Lipinski definition) is 1. The lowest BCUT2D eigenvalue weighted by molar-refractivity contribution is 0.223. The maximum Gasteiger partial charge on any atom is 0.227 e. The molecule has 0 unspecified atom stereocenters. The van der Waals surface area contributed by atoms with E-state index in [0.717, 1.165) is 33.7 Å². The smallest absolute Gasteiger partial charge is 0.227 e. The first-order valence-corrected chi connectivity index (χ1v) is 12.8. The fourth-order valence-corrected chi connectivity index (χ4v) is 5.20. The highest BCUT2D eigenvalue weighted by Crippen LogP contribution is 2.51. The second-order valence-electron chi connectivity index (χ2n) is 8.33. The number of fused-ring (bicyclic) bond motifs is 3. The maximum absolute atomic E-state index is 6.64. The highest BCUT2D eigenvalue weighted by atomic mass is 35.5. The van der Waals surface area contributed by atoms with Crippen LogP contribution in [-0.4, -0.2) is 21.0 Å². The van der Waals surface area contributed by atoms with Gasteiger partial charge in [-0.15, -0.1) is 5.10 Å². The normalized spacial score (nSPS) is 18.5. The summed E-state index contributed by atoms with van der Waals surface area (Å²) >= 11 is 14.1. The number of aromatic nitrogens is 3. The van der Waals surface area contributed by atoms with Gasteiger partial charge in [0.2, 0.25) is 11.1 Å². The Balaban J connectivity index is 1.63. The lowest BCUT2D eigenvalue weighted by Gasteiger charge is -2.39. The molecule has 0 bridgehead atoms. The average molecular weight is 507 g/mol. The minimum atomic E-state index is -0.352. The van der Waals surface area contributed by atoms with Crippen LogP contribution >= 0.6 is 35.0 Å². The standard InChI is InChI=1S/C26H20Cl2N4OS/c1-14-3-5-15(6-4-14)23-21-22(29-25-30-26(34-2)31-32(23)25)19-13-18(28)11-12-20(19)33-24(21)16-7-9-17(27)10-8-16/h3-13,23-24H,1-2H3,(H,29,30,31)/t23-,24+/m0/s1. The molecule has 0 saturated carbocycles. The zero-order chi connectivity index (χ0) is 23.4. The van der Waals surface area contributed by atoms with Crippen molar-refractivity contribution in [2.24, 2.45) is 0 Å². The van der Waals surface area contributed by atoms with Gasteiger partial charge in [-0.3, -0.25) is 0 Å². The first-order chi connectivity index (χ1) is 16.5. The zero-order valence-electron chi connectivity index (χ0n) is 18.4. The second-order valence-corrected chi connectivity index (χ2v) is 9.97. The van der Waals surface area contributed by atoms with Crippen molar-refractivity contribution in [2.75, 3.05) is 11.6 Å². The van der Waals surface area contributed by atoms with Gasteiger partial charge in [0, 0.05) is 21.2 Å². The third kappa shape index (κ3) is 3.57. The van der Waals surface area contributed by atoms with Crippen LogP contribution in [0.2, 0.25) is 10.0 Å². The van der Waals surface area contributed by atoms with Gasteiger partial charge < -0.3 is 10.1 Å². The van der Waals surface area contributed by atoms with Gasteiger partial charge in [-0.25, -0.2) is 4.68 Å². The van der Waals surface area contributed by atoms with Crippen molar-refractivity contribution in [3.05, 3.63) is 105 Å². The van der Waals surface area contributed by atoms with Crippen molar-refractivity contribution in [3.63, 3.8) is 0 Å². The summed E-state index contributed by atoms with van der Waals surface area (Å²) < 4.78 is 8.60. The number of anilines is 1. The van der Waals surface area contributed by atoms with E-state index in [1.807, 2.05) is 53.4 Å². The predicted octanol–water partition coefficient (Wildman–Crippen LogP) is 7.18. The first kappa shape index (κ1) is 21.6. The topological polar surface area (TPSA) is 52.0 Å². The van der Waals surface area contributed by atoms with E-state index >= 15 is 0 Å². The summed E-state index contributed by atoms with van der Waals surface area (Å²) in [6.45, 7) is 2.09. The summed E-state index contributed by atoms with van der Waals surface area (Å²) in [5.74, 6) is 1.45. The molecule has 0 aliphatic carbocycles. The molecule has 0 spiro atoms. The van der Waals surface area contributed by atoms with Crippen LogP contribution < -0.4 is 10.1 Å². The van der Waals surface area contributed by atoms with Gasteiger partial charge in [-0.05, 0) is 54.6 Å². The molecule has 1 aromatic heterocycles. The fourth-order valence-electron chi connectivity index (χ4n) is 4.55. The molecule has 2 aliphatic rings. The summed E-state index contributed by atoms with van der Waals surface area (Å²) in [5.41, 5.74) is 6.20. The fraction of sp³-hybridized carbons (Fsp3) is 0.154. The van der Waals surface area contributed by atoms with Crippen LogP contribution in [0.25, 0.3) is 5.70 Å². The number of benzene rings is 3. The van der Waals surface area contributed by atoms with Gasteiger partial charge in [-0.2, -0.15) is 4.98 Å². The van der Waals surface area contributed by atoms with Crippen LogP contribution in [0.4, 0.5) is 5.95 Å². The molecular formula is C26H20Cl2N4OS. The van der Waals surface area contributed by atoms with Crippen molar-refractivity contribution < 1.29 is 4.74 Å². The van der Waals surface area contributed by atoms with Crippen LogP contribution in [0.1, 0.15) is 34.4 Å². The summed E-state index contributed by atoms with van der Waals surface area (Å²) in [6, 6.07) is 21.8. The summed E-state index contributed by atoms with van der Waals surface area (Å²) in [4.78, 5) is 4.74. The molecule has 6 rings (SSSR count). The van der Waals surface area contributed by atoms with Crippen LogP contribution in [0.5, 0.6) is 5.75 Å². The van der Waals surface area contributed by atoms with Gasteiger partial charge in [-0.1, -0.05) is 76.9 Å². The number of thioether (sulfide) groups is 1. The van der Waals surface area contributed by atoms with Crippen molar-refractivity contribution >= 4 is 46.6 Å². The summed E-state index contributed by atoms with van der Waals surface area (Å²) in [5, 5.41) is 10.4. The molecule has 0 fully saturated rings. The van der Waals surface area contributed by atoms with Crippen LogP contribution in [0.15, 0.2) is 77.5 Å². The number of nitrogens with one attached hydrogen (secondary N) is 1. The Morgan fingerprint density at radius 1 is 0.941 bits per heavy atom. The molecule has 2 atom stereocenters. The third-order valence-corrected chi connectivity index (χ3v) is 7.19. The Kier molecular flexibility index (Phi) is 5.32. The van der Waals surface area contributed by atoms with Crippen molar-refractivity contribution in [2.45, 2.75) is 24.2 Å². The largest absolute Gasteiger partial charge is 0.480 e. The minimum absolute atomic E-state index is 0.215. The van der Waals surface area contributed by atoms with E-state index in [1.54, 1.807) is 0 Å². The Labute approximate surface area is 211 Å². The number of halogens is 2. The van der Waals surface area contributed by atoms with Crippen LogP contribution in [0.3, 0.4) is 0 Å². The number of hydrogen-bond acceptors (Lipinski definition) is 5. The van der Waals surface area contributed by atoms with Crippen molar-refractivity contribution in [1.82, 2.24) is 14.8 Å². The molecule has 5 nitrogen and oxygen atoms in total. The van der Waals surface area contributed by atoms with Gasteiger partial charge in [0.15, 0.2) is 0 Å². The van der Waals surface area contributed by atoms with E-state index in [1.165, 1.54) is 17.3 Å². The molecule has 4 aromatic rings. The Bertz CT molecular complexity index is 1430. The Morgan fingerprint density at radius 3 is 2.38 bits per heavy atom. The van der Waals surface area contributed by atoms with E-state index in [9.17, 15) is 0 Å².